The number of carbonyl (C=O) groups is 1. The van der Waals surface area contributed by atoms with Crippen molar-refractivity contribution in [3.63, 3.8) is 0 Å². The SMILES string of the molecule is O=C(O)c1cccc(N2C[C@@H](CO)[C@H](c3ccc(Cl)cc3)C2)n1. The zero-order chi connectivity index (χ0) is 16.4. The highest BCUT2D eigenvalue weighted by Gasteiger charge is 2.34. The van der Waals surface area contributed by atoms with Crippen LogP contribution in [-0.4, -0.2) is 40.9 Å². The first-order chi connectivity index (χ1) is 11.1. The Morgan fingerprint density at radius 2 is 1.96 bits per heavy atom. The molecule has 1 aliphatic heterocycles. The normalized spacial score (nSPS) is 20.7. The third-order valence-electron chi connectivity index (χ3n) is 4.25. The number of hydrogen-bond donors (Lipinski definition) is 2. The molecule has 2 atom stereocenters. The number of hydrogen-bond acceptors (Lipinski definition) is 4. The molecule has 0 spiro atoms. The van der Waals surface area contributed by atoms with E-state index in [1.165, 1.54) is 6.07 Å². The van der Waals surface area contributed by atoms with Gasteiger partial charge in [-0.25, -0.2) is 9.78 Å². The van der Waals surface area contributed by atoms with Crippen molar-refractivity contribution in [1.29, 1.82) is 0 Å². The van der Waals surface area contributed by atoms with E-state index in [1.54, 1.807) is 12.1 Å². The summed E-state index contributed by atoms with van der Waals surface area (Å²) in [5.41, 5.74) is 1.14. The third-order valence-corrected chi connectivity index (χ3v) is 4.50. The van der Waals surface area contributed by atoms with Crippen LogP contribution in [0.1, 0.15) is 22.0 Å². The van der Waals surface area contributed by atoms with E-state index >= 15 is 0 Å². The molecular weight excluding hydrogens is 316 g/mol. The number of aliphatic hydroxyl groups is 1. The topological polar surface area (TPSA) is 73.7 Å². The predicted molar refractivity (Wildman–Crippen MR) is 88.2 cm³/mol. The van der Waals surface area contributed by atoms with Gasteiger partial charge in [0.2, 0.25) is 0 Å². The Hall–Kier alpha value is -2.11. The predicted octanol–water partition coefficient (Wildman–Crippen LogP) is 2.65. The van der Waals surface area contributed by atoms with Crippen molar-refractivity contribution < 1.29 is 15.0 Å². The van der Waals surface area contributed by atoms with E-state index in [-0.39, 0.29) is 24.1 Å². The standard InChI is InChI=1S/C17H17ClN2O3/c18-13-6-4-11(5-7-13)14-9-20(8-12(14)10-21)16-3-1-2-15(19-16)17(22)23/h1-7,12,14,21H,8-10H2,(H,22,23)/t12-,14-/m0/s1. The molecule has 0 unspecified atom stereocenters. The van der Waals surface area contributed by atoms with E-state index < -0.39 is 5.97 Å². The van der Waals surface area contributed by atoms with Crippen molar-refractivity contribution >= 4 is 23.4 Å². The first-order valence-electron chi connectivity index (χ1n) is 7.40. The average molecular weight is 333 g/mol. The maximum Gasteiger partial charge on any atom is 0.354 e. The van der Waals surface area contributed by atoms with Crippen LogP contribution in [0.25, 0.3) is 0 Å². The summed E-state index contributed by atoms with van der Waals surface area (Å²) in [5, 5.41) is 19.4. The van der Waals surface area contributed by atoms with Gasteiger partial charge in [-0.3, -0.25) is 0 Å². The molecule has 6 heteroatoms. The highest BCUT2D eigenvalue weighted by Crippen LogP contribution is 2.35. The minimum absolute atomic E-state index is 0.0259. The maximum atomic E-state index is 11.1. The second-order valence-corrected chi connectivity index (χ2v) is 6.13. The lowest BCUT2D eigenvalue weighted by Crippen LogP contribution is -2.22. The first kappa shape index (κ1) is 15.8. The summed E-state index contributed by atoms with van der Waals surface area (Å²) in [5.74, 6) is -0.183. The molecule has 23 heavy (non-hydrogen) atoms. The quantitative estimate of drug-likeness (QED) is 0.900. The van der Waals surface area contributed by atoms with Crippen LogP contribution >= 0.6 is 11.6 Å². The monoisotopic (exact) mass is 332 g/mol. The minimum Gasteiger partial charge on any atom is -0.477 e. The van der Waals surface area contributed by atoms with Crippen LogP contribution in [0.3, 0.4) is 0 Å². The molecule has 3 rings (SSSR count). The van der Waals surface area contributed by atoms with Crippen molar-refractivity contribution in [1.82, 2.24) is 4.98 Å². The van der Waals surface area contributed by atoms with Crippen molar-refractivity contribution in [2.45, 2.75) is 5.92 Å². The van der Waals surface area contributed by atoms with Gasteiger partial charge in [-0.1, -0.05) is 29.8 Å². The molecule has 0 radical (unpaired) electrons. The Morgan fingerprint density at radius 3 is 2.61 bits per heavy atom. The number of benzene rings is 1. The van der Waals surface area contributed by atoms with Crippen LogP contribution < -0.4 is 4.90 Å². The smallest absolute Gasteiger partial charge is 0.354 e. The van der Waals surface area contributed by atoms with Gasteiger partial charge in [-0.15, -0.1) is 0 Å². The lowest BCUT2D eigenvalue weighted by Gasteiger charge is -2.18. The zero-order valence-electron chi connectivity index (χ0n) is 12.4. The van der Waals surface area contributed by atoms with E-state index in [4.69, 9.17) is 16.7 Å². The molecule has 5 nitrogen and oxygen atoms in total. The molecule has 120 valence electrons. The van der Waals surface area contributed by atoms with Crippen LogP contribution in [0.4, 0.5) is 5.82 Å². The van der Waals surface area contributed by atoms with Gasteiger partial charge in [-0.2, -0.15) is 0 Å². The summed E-state index contributed by atoms with van der Waals surface area (Å²) < 4.78 is 0. The van der Waals surface area contributed by atoms with E-state index in [9.17, 15) is 9.90 Å². The number of nitrogens with zero attached hydrogens (tertiary/aromatic N) is 2. The van der Waals surface area contributed by atoms with Crippen LogP contribution in [0, 0.1) is 5.92 Å². The van der Waals surface area contributed by atoms with E-state index in [0.29, 0.717) is 23.9 Å². The van der Waals surface area contributed by atoms with Gasteiger partial charge >= 0.3 is 5.97 Å². The Bertz CT molecular complexity index is 705. The fourth-order valence-corrected chi connectivity index (χ4v) is 3.18. The molecule has 2 aromatic rings. The van der Waals surface area contributed by atoms with Gasteiger partial charge in [0.1, 0.15) is 5.82 Å². The largest absolute Gasteiger partial charge is 0.477 e. The van der Waals surface area contributed by atoms with E-state index in [1.807, 2.05) is 29.2 Å². The number of anilines is 1. The van der Waals surface area contributed by atoms with Gasteiger partial charge in [-0.05, 0) is 29.8 Å². The number of carboxylic acids is 1. The maximum absolute atomic E-state index is 11.1. The minimum atomic E-state index is -1.04. The summed E-state index contributed by atoms with van der Waals surface area (Å²) >= 11 is 5.93. The van der Waals surface area contributed by atoms with Gasteiger partial charge < -0.3 is 15.1 Å². The summed E-state index contributed by atoms with van der Waals surface area (Å²) in [6, 6.07) is 12.6. The summed E-state index contributed by atoms with van der Waals surface area (Å²) in [4.78, 5) is 17.3. The second-order valence-electron chi connectivity index (χ2n) is 5.69. The Labute approximate surface area is 139 Å². The molecule has 0 bridgehead atoms. The zero-order valence-corrected chi connectivity index (χ0v) is 13.1. The molecule has 1 aromatic heterocycles. The molecule has 2 N–H and O–H groups in total. The number of rotatable bonds is 4. The molecule has 1 fully saturated rings. The fourth-order valence-electron chi connectivity index (χ4n) is 3.05. The Balaban J connectivity index is 1.85. The molecule has 1 aliphatic rings. The number of aliphatic hydroxyl groups excluding tert-OH is 1. The van der Waals surface area contributed by atoms with E-state index in [2.05, 4.69) is 4.98 Å². The third kappa shape index (κ3) is 3.30. The number of halogens is 1. The van der Waals surface area contributed by atoms with Gasteiger partial charge in [0, 0.05) is 36.6 Å². The van der Waals surface area contributed by atoms with Crippen LogP contribution in [0.5, 0.6) is 0 Å². The van der Waals surface area contributed by atoms with Crippen LogP contribution in [0.2, 0.25) is 5.02 Å². The molecule has 0 amide bonds. The molecule has 2 heterocycles. The molecule has 1 saturated heterocycles. The molecule has 0 aliphatic carbocycles. The highest BCUT2D eigenvalue weighted by atomic mass is 35.5. The second kappa shape index (κ2) is 6.56. The van der Waals surface area contributed by atoms with Gasteiger partial charge in [0.25, 0.3) is 0 Å². The molecule has 0 saturated carbocycles. The first-order valence-corrected chi connectivity index (χ1v) is 7.78. The number of carboxylic acid groups (broad SMARTS) is 1. The van der Waals surface area contributed by atoms with Crippen molar-refractivity contribution in [2.24, 2.45) is 5.92 Å². The molecular formula is C17H17ClN2O3. The van der Waals surface area contributed by atoms with Crippen molar-refractivity contribution in [3.8, 4) is 0 Å². The lowest BCUT2D eigenvalue weighted by atomic mass is 9.90. The van der Waals surface area contributed by atoms with Gasteiger partial charge in [0.05, 0.1) is 0 Å². The Kier molecular flexibility index (Phi) is 4.50. The van der Waals surface area contributed by atoms with Crippen molar-refractivity contribution in [2.75, 3.05) is 24.6 Å². The number of aromatic carboxylic acids is 1. The number of pyridine rings is 1. The Morgan fingerprint density at radius 1 is 1.22 bits per heavy atom. The fraction of sp³-hybridized carbons (Fsp3) is 0.294. The highest BCUT2D eigenvalue weighted by molar-refractivity contribution is 6.30. The average Bonchev–Trinajstić information content (AvgIpc) is 3.00. The number of aromatic nitrogens is 1. The van der Waals surface area contributed by atoms with Crippen molar-refractivity contribution in [3.05, 3.63) is 58.7 Å². The molecule has 1 aromatic carbocycles. The van der Waals surface area contributed by atoms with Crippen LogP contribution in [-0.2, 0) is 0 Å². The lowest BCUT2D eigenvalue weighted by molar-refractivity contribution is 0.0690. The summed E-state index contributed by atoms with van der Waals surface area (Å²) in [7, 11) is 0. The summed E-state index contributed by atoms with van der Waals surface area (Å²) in [6.07, 6.45) is 0. The van der Waals surface area contributed by atoms with Crippen LogP contribution in [0.15, 0.2) is 42.5 Å². The summed E-state index contributed by atoms with van der Waals surface area (Å²) in [6.45, 7) is 1.39. The van der Waals surface area contributed by atoms with E-state index in [0.717, 1.165) is 5.56 Å². The van der Waals surface area contributed by atoms with Gasteiger partial charge in [0.15, 0.2) is 5.69 Å².